The molecule has 0 saturated heterocycles. The highest BCUT2D eigenvalue weighted by Gasteiger charge is 2.18. The van der Waals surface area contributed by atoms with Crippen LogP contribution in [0, 0.1) is 11.3 Å². The predicted molar refractivity (Wildman–Crippen MR) is 122 cm³/mol. The number of nitrogens with one attached hydrogen (secondary N) is 1. The van der Waals surface area contributed by atoms with Gasteiger partial charge >= 0.3 is 0 Å². The lowest BCUT2D eigenvalue weighted by Gasteiger charge is -2.25. The molecule has 29 heavy (non-hydrogen) atoms. The molecule has 0 radical (unpaired) electrons. The third kappa shape index (κ3) is 7.48. The molecule has 0 bridgehead atoms. The lowest BCUT2D eigenvalue weighted by atomic mass is 10.2. The molecule has 2 aromatic carbocycles. The summed E-state index contributed by atoms with van der Waals surface area (Å²) in [7, 11) is 0. The van der Waals surface area contributed by atoms with Crippen molar-refractivity contribution in [2.45, 2.75) is 32.7 Å². The molecule has 0 saturated carbocycles. The molecular weight excluding hydrogens is 450 g/mol. The van der Waals surface area contributed by atoms with Crippen molar-refractivity contribution in [3.63, 3.8) is 0 Å². The summed E-state index contributed by atoms with van der Waals surface area (Å²) in [5, 5.41) is 12.0. The molecule has 5 nitrogen and oxygen atoms in total. The number of amides is 1. The first-order valence-electron chi connectivity index (χ1n) is 9.48. The molecular formula is C22H24BrN3O2S. The summed E-state index contributed by atoms with van der Waals surface area (Å²) < 4.78 is 6.55. The molecule has 0 unspecified atom stereocenters. The Kier molecular flexibility index (Phi) is 9.62. The van der Waals surface area contributed by atoms with Crippen molar-refractivity contribution in [3.8, 4) is 11.8 Å². The monoisotopic (exact) mass is 473 g/mol. The molecule has 0 fully saturated rings. The number of thiocarbonyl (C=S) groups is 1. The zero-order valence-corrected chi connectivity index (χ0v) is 18.8. The van der Waals surface area contributed by atoms with Crippen molar-refractivity contribution in [2.24, 2.45) is 0 Å². The zero-order valence-electron chi connectivity index (χ0n) is 16.4. The summed E-state index contributed by atoms with van der Waals surface area (Å²) in [5.41, 5.74) is 1.46. The van der Waals surface area contributed by atoms with Crippen LogP contribution in [0.2, 0.25) is 0 Å². The lowest BCUT2D eigenvalue weighted by molar-refractivity contribution is 0.0969. The molecule has 2 rings (SSSR count). The molecule has 7 heteroatoms. The van der Waals surface area contributed by atoms with E-state index in [4.69, 9.17) is 22.2 Å². The molecule has 0 aliphatic carbocycles. The topological polar surface area (TPSA) is 65.4 Å². The van der Waals surface area contributed by atoms with Crippen molar-refractivity contribution in [2.75, 3.05) is 13.2 Å². The second-order valence-corrected chi connectivity index (χ2v) is 7.72. The molecule has 0 spiro atoms. The van der Waals surface area contributed by atoms with Gasteiger partial charge in [-0.15, -0.1) is 0 Å². The van der Waals surface area contributed by atoms with Gasteiger partial charge in [0.15, 0.2) is 5.11 Å². The third-order valence-electron chi connectivity index (χ3n) is 4.16. The van der Waals surface area contributed by atoms with E-state index in [1.54, 1.807) is 12.1 Å². The number of nitrogens with zero attached hydrogens (tertiary/aromatic N) is 2. The Morgan fingerprint density at radius 2 is 2.03 bits per heavy atom. The van der Waals surface area contributed by atoms with Gasteiger partial charge in [0.1, 0.15) is 5.75 Å². The maximum absolute atomic E-state index is 12.9. The Balaban J connectivity index is 2.13. The average Bonchev–Trinajstić information content (AvgIpc) is 2.72. The van der Waals surface area contributed by atoms with Crippen LogP contribution in [0.1, 0.15) is 42.1 Å². The van der Waals surface area contributed by atoms with Crippen molar-refractivity contribution >= 4 is 39.2 Å². The van der Waals surface area contributed by atoms with Crippen LogP contribution in [0.4, 0.5) is 0 Å². The summed E-state index contributed by atoms with van der Waals surface area (Å²) in [6, 6.07) is 17.3. The standard InChI is InChI=1S/C22H24BrN3O2S/c1-2-3-14-28-20-11-10-18(23)15-19(20)21(27)25-22(29)26(13-7-12-24)16-17-8-5-4-6-9-17/h4-6,8-11,15H,2-3,7,13-14,16H2,1H3,(H,25,27,29). The number of hydrogen-bond acceptors (Lipinski definition) is 4. The number of carbonyl (C=O) groups is 1. The van der Waals surface area contributed by atoms with E-state index in [-0.39, 0.29) is 11.0 Å². The maximum Gasteiger partial charge on any atom is 0.261 e. The van der Waals surface area contributed by atoms with E-state index in [1.807, 2.05) is 41.3 Å². The lowest BCUT2D eigenvalue weighted by Crippen LogP contribution is -2.42. The fourth-order valence-electron chi connectivity index (χ4n) is 2.62. The molecule has 1 N–H and O–H groups in total. The normalized spacial score (nSPS) is 10.1. The van der Waals surface area contributed by atoms with E-state index in [0.29, 0.717) is 37.4 Å². The average molecular weight is 474 g/mol. The van der Waals surface area contributed by atoms with Crippen LogP contribution < -0.4 is 10.1 Å². The van der Waals surface area contributed by atoms with Gasteiger partial charge in [-0.25, -0.2) is 0 Å². The van der Waals surface area contributed by atoms with Crippen LogP contribution in [0.5, 0.6) is 5.75 Å². The molecule has 152 valence electrons. The van der Waals surface area contributed by atoms with Crippen LogP contribution in [0.3, 0.4) is 0 Å². The minimum atomic E-state index is -0.335. The molecule has 1 amide bonds. The Hall–Kier alpha value is -2.43. The first-order chi connectivity index (χ1) is 14.0. The fraction of sp³-hybridized carbons (Fsp3) is 0.318. The highest BCUT2D eigenvalue weighted by atomic mass is 79.9. The van der Waals surface area contributed by atoms with Gasteiger partial charge in [0.05, 0.1) is 24.7 Å². The van der Waals surface area contributed by atoms with Crippen molar-refractivity contribution in [3.05, 3.63) is 64.1 Å². The minimum Gasteiger partial charge on any atom is -0.493 e. The summed E-state index contributed by atoms with van der Waals surface area (Å²) >= 11 is 8.88. The van der Waals surface area contributed by atoms with Gasteiger partial charge < -0.3 is 9.64 Å². The molecule has 0 heterocycles. The largest absolute Gasteiger partial charge is 0.493 e. The van der Waals surface area contributed by atoms with Crippen LogP contribution in [-0.2, 0) is 6.54 Å². The Bertz CT molecular complexity index is 868. The van der Waals surface area contributed by atoms with Gasteiger partial charge in [0.2, 0.25) is 0 Å². The molecule has 0 aliphatic heterocycles. The highest BCUT2D eigenvalue weighted by molar-refractivity contribution is 9.10. The van der Waals surface area contributed by atoms with Crippen molar-refractivity contribution < 1.29 is 9.53 Å². The number of hydrogen-bond donors (Lipinski definition) is 1. The predicted octanol–water partition coefficient (Wildman–Crippen LogP) is 5.06. The van der Waals surface area contributed by atoms with Gasteiger partial charge in [0.25, 0.3) is 5.91 Å². The first kappa shape index (κ1) is 22.9. The van der Waals surface area contributed by atoms with Gasteiger partial charge in [0, 0.05) is 17.6 Å². The zero-order chi connectivity index (χ0) is 21.1. The van der Waals surface area contributed by atoms with E-state index in [9.17, 15) is 4.79 Å². The van der Waals surface area contributed by atoms with E-state index >= 15 is 0 Å². The second-order valence-electron chi connectivity index (χ2n) is 6.42. The molecule has 2 aromatic rings. The molecule has 0 aromatic heterocycles. The van der Waals surface area contributed by atoms with Crippen LogP contribution in [-0.4, -0.2) is 29.1 Å². The Labute approximate surface area is 185 Å². The summed E-state index contributed by atoms with van der Waals surface area (Å²) in [5.74, 6) is 0.186. The van der Waals surface area contributed by atoms with E-state index in [1.165, 1.54) is 0 Å². The number of nitriles is 1. The second kappa shape index (κ2) is 12.2. The van der Waals surface area contributed by atoms with Crippen LogP contribution >= 0.6 is 28.1 Å². The first-order valence-corrected chi connectivity index (χ1v) is 10.7. The van der Waals surface area contributed by atoms with E-state index in [2.05, 4.69) is 34.2 Å². The van der Waals surface area contributed by atoms with Crippen molar-refractivity contribution in [1.29, 1.82) is 5.26 Å². The SMILES string of the molecule is CCCCOc1ccc(Br)cc1C(=O)NC(=S)N(CCC#N)Cc1ccccc1. The number of ether oxygens (including phenoxy) is 1. The van der Waals surface area contributed by atoms with Gasteiger partial charge in [-0.1, -0.05) is 59.6 Å². The summed E-state index contributed by atoms with van der Waals surface area (Å²) in [4.78, 5) is 14.7. The van der Waals surface area contributed by atoms with Crippen LogP contribution in [0.15, 0.2) is 53.0 Å². The van der Waals surface area contributed by atoms with Gasteiger partial charge in [-0.2, -0.15) is 5.26 Å². The van der Waals surface area contributed by atoms with Gasteiger partial charge in [-0.05, 0) is 42.4 Å². The van der Waals surface area contributed by atoms with Crippen LogP contribution in [0.25, 0.3) is 0 Å². The number of unbranched alkanes of at least 4 members (excludes halogenated alkanes) is 1. The van der Waals surface area contributed by atoms with E-state index < -0.39 is 0 Å². The summed E-state index contributed by atoms with van der Waals surface area (Å²) in [6.07, 6.45) is 2.23. The van der Waals surface area contributed by atoms with E-state index in [0.717, 1.165) is 22.9 Å². The fourth-order valence-corrected chi connectivity index (χ4v) is 3.23. The number of halogens is 1. The maximum atomic E-state index is 12.9. The molecule has 0 aliphatic rings. The smallest absolute Gasteiger partial charge is 0.261 e. The number of rotatable bonds is 9. The Morgan fingerprint density at radius 1 is 1.28 bits per heavy atom. The summed E-state index contributed by atoms with van der Waals surface area (Å²) in [6.45, 7) is 3.58. The van der Waals surface area contributed by atoms with Gasteiger partial charge in [-0.3, -0.25) is 10.1 Å². The highest BCUT2D eigenvalue weighted by Crippen LogP contribution is 2.23. The Morgan fingerprint density at radius 3 is 2.72 bits per heavy atom. The van der Waals surface area contributed by atoms with Crippen molar-refractivity contribution in [1.82, 2.24) is 10.2 Å². The number of carbonyl (C=O) groups excluding carboxylic acids is 1. The minimum absolute atomic E-state index is 0.286. The molecule has 0 atom stereocenters. The third-order valence-corrected chi connectivity index (χ3v) is 5.01. The number of benzene rings is 2. The quantitative estimate of drug-likeness (QED) is 0.407.